The molecule has 0 fully saturated rings. The second kappa shape index (κ2) is 8.31. The van der Waals surface area contributed by atoms with Gasteiger partial charge in [0.05, 0.1) is 11.0 Å². The number of carbonyl (C=O) groups is 1. The van der Waals surface area contributed by atoms with E-state index in [1.54, 1.807) is 0 Å². The number of nitrogens with two attached hydrogens (primary N) is 1. The van der Waals surface area contributed by atoms with Crippen LogP contribution in [-0.2, 0) is 13.0 Å². The Labute approximate surface area is 169 Å². The van der Waals surface area contributed by atoms with Crippen LogP contribution in [0, 0.1) is 0 Å². The summed E-state index contributed by atoms with van der Waals surface area (Å²) in [5.41, 5.74) is 10.8. The SMILES string of the molecule is CCCCn1c(N)c(C(=O)NCCc2ccccc2)c2nc3ccccc3nc21. The number of nitrogens with zero attached hydrogens (tertiary/aromatic N) is 3. The van der Waals surface area contributed by atoms with Crippen molar-refractivity contribution in [1.82, 2.24) is 19.9 Å². The highest BCUT2D eigenvalue weighted by Crippen LogP contribution is 2.28. The fourth-order valence-corrected chi connectivity index (χ4v) is 3.54. The largest absolute Gasteiger partial charge is 0.384 e. The van der Waals surface area contributed by atoms with Crippen LogP contribution in [0.1, 0.15) is 35.7 Å². The van der Waals surface area contributed by atoms with Gasteiger partial charge >= 0.3 is 0 Å². The van der Waals surface area contributed by atoms with Gasteiger partial charge in [-0.1, -0.05) is 55.8 Å². The van der Waals surface area contributed by atoms with E-state index in [1.165, 1.54) is 5.56 Å². The number of fused-ring (bicyclic) bond motifs is 2. The first-order valence-electron chi connectivity index (χ1n) is 10.1. The Morgan fingerprint density at radius 3 is 2.45 bits per heavy atom. The van der Waals surface area contributed by atoms with Crippen LogP contribution in [0.2, 0.25) is 0 Å². The molecule has 0 aliphatic carbocycles. The first kappa shape index (κ1) is 18.9. The van der Waals surface area contributed by atoms with Gasteiger partial charge < -0.3 is 15.6 Å². The summed E-state index contributed by atoms with van der Waals surface area (Å²) in [6.45, 7) is 3.37. The van der Waals surface area contributed by atoms with Crippen LogP contribution in [0.25, 0.3) is 22.2 Å². The highest BCUT2D eigenvalue weighted by atomic mass is 16.1. The molecule has 148 valence electrons. The van der Waals surface area contributed by atoms with E-state index in [-0.39, 0.29) is 5.91 Å². The molecule has 0 spiro atoms. The molecule has 4 rings (SSSR count). The third-order valence-electron chi connectivity index (χ3n) is 5.10. The van der Waals surface area contributed by atoms with Gasteiger partial charge in [-0.05, 0) is 30.5 Å². The molecule has 6 heteroatoms. The van der Waals surface area contributed by atoms with Gasteiger partial charge in [-0.25, -0.2) is 9.97 Å². The average molecular weight is 387 g/mol. The maximum Gasteiger partial charge on any atom is 0.257 e. The van der Waals surface area contributed by atoms with Crippen molar-refractivity contribution >= 4 is 33.9 Å². The summed E-state index contributed by atoms with van der Waals surface area (Å²) in [4.78, 5) is 22.5. The first-order chi connectivity index (χ1) is 14.2. The molecule has 4 aromatic rings. The lowest BCUT2D eigenvalue weighted by Crippen LogP contribution is -2.26. The number of para-hydroxylation sites is 2. The minimum absolute atomic E-state index is 0.205. The van der Waals surface area contributed by atoms with Crippen LogP contribution in [0.15, 0.2) is 54.6 Å². The Morgan fingerprint density at radius 2 is 1.72 bits per heavy atom. The highest BCUT2D eigenvalue weighted by Gasteiger charge is 2.23. The van der Waals surface area contributed by atoms with E-state index in [4.69, 9.17) is 15.7 Å². The summed E-state index contributed by atoms with van der Waals surface area (Å²) in [7, 11) is 0. The number of hydrogen-bond donors (Lipinski definition) is 2. The van der Waals surface area contributed by atoms with Crippen LogP contribution >= 0.6 is 0 Å². The molecule has 0 atom stereocenters. The average Bonchev–Trinajstić information content (AvgIpc) is 3.01. The van der Waals surface area contributed by atoms with Crippen molar-refractivity contribution in [2.24, 2.45) is 0 Å². The Hall–Kier alpha value is -3.41. The van der Waals surface area contributed by atoms with Crippen molar-refractivity contribution in [2.75, 3.05) is 12.3 Å². The number of hydrogen-bond acceptors (Lipinski definition) is 4. The summed E-state index contributed by atoms with van der Waals surface area (Å²) < 4.78 is 1.92. The molecule has 3 N–H and O–H groups in total. The Kier molecular flexibility index (Phi) is 5.42. The Bertz CT molecular complexity index is 1150. The minimum atomic E-state index is -0.205. The van der Waals surface area contributed by atoms with Crippen LogP contribution in [-0.4, -0.2) is 27.0 Å². The lowest BCUT2D eigenvalue weighted by Gasteiger charge is -2.07. The van der Waals surface area contributed by atoms with E-state index in [1.807, 2.05) is 47.0 Å². The molecule has 2 aromatic heterocycles. The van der Waals surface area contributed by atoms with Gasteiger partial charge in [0.1, 0.15) is 16.9 Å². The normalized spacial score (nSPS) is 11.2. The second-order valence-electron chi connectivity index (χ2n) is 7.14. The number of aryl methyl sites for hydroxylation is 1. The second-order valence-corrected chi connectivity index (χ2v) is 7.14. The lowest BCUT2D eigenvalue weighted by molar-refractivity contribution is 0.0956. The number of amides is 1. The maximum absolute atomic E-state index is 13.0. The van der Waals surface area contributed by atoms with Gasteiger partial charge in [0, 0.05) is 13.1 Å². The third kappa shape index (κ3) is 3.78. The number of benzene rings is 2. The highest BCUT2D eigenvalue weighted by molar-refractivity contribution is 6.10. The van der Waals surface area contributed by atoms with Crippen molar-refractivity contribution in [3.8, 4) is 0 Å². The quantitative estimate of drug-likeness (QED) is 0.503. The Balaban J connectivity index is 1.69. The maximum atomic E-state index is 13.0. The van der Waals surface area contributed by atoms with E-state index in [9.17, 15) is 4.79 Å². The molecule has 0 saturated heterocycles. The molecule has 0 saturated carbocycles. The fraction of sp³-hybridized carbons (Fsp3) is 0.261. The molecule has 2 heterocycles. The molecule has 0 radical (unpaired) electrons. The summed E-state index contributed by atoms with van der Waals surface area (Å²) >= 11 is 0. The molecule has 0 unspecified atom stereocenters. The summed E-state index contributed by atoms with van der Waals surface area (Å²) in [5, 5.41) is 3.00. The van der Waals surface area contributed by atoms with E-state index >= 15 is 0 Å². The summed E-state index contributed by atoms with van der Waals surface area (Å²) in [6.07, 6.45) is 2.74. The van der Waals surface area contributed by atoms with E-state index in [2.05, 4.69) is 24.4 Å². The number of anilines is 1. The number of nitrogens with one attached hydrogen (secondary N) is 1. The van der Waals surface area contributed by atoms with Gasteiger partial charge in [0.2, 0.25) is 0 Å². The lowest BCUT2D eigenvalue weighted by atomic mass is 10.1. The zero-order chi connectivity index (χ0) is 20.2. The molecule has 6 nitrogen and oxygen atoms in total. The summed E-state index contributed by atoms with van der Waals surface area (Å²) in [6, 6.07) is 17.8. The molecule has 29 heavy (non-hydrogen) atoms. The number of nitrogen functional groups attached to an aromatic ring is 1. The van der Waals surface area contributed by atoms with Gasteiger partial charge in [-0.15, -0.1) is 0 Å². The standard InChI is InChI=1S/C23H25N5O/c1-2-3-15-28-21(24)19(23(29)25-14-13-16-9-5-4-6-10-16)20-22(28)27-18-12-8-7-11-17(18)26-20/h4-12H,2-3,13-15,24H2,1H3,(H,25,29). The number of unbranched alkanes of at least 4 members (excludes halogenated alkanes) is 1. The monoisotopic (exact) mass is 387 g/mol. The summed E-state index contributed by atoms with van der Waals surface area (Å²) in [5.74, 6) is 0.226. The molecule has 0 bridgehead atoms. The van der Waals surface area contributed by atoms with Crippen LogP contribution in [0.4, 0.5) is 5.82 Å². The number of aromatic nitrogens is 3. The van der Waals surface area contributed by atoms with Crippen molar-refractivity contribution in [3.63, 3.8) is 0 Å². The molecule has 0 aliphatic rings. The van der Waals surface area contributed by atoms with Crippen molar-refractivity contribution < 1.29 is 4.79 Å². The molecular formula is C23H25N5O. The van der Waals surface area contributed by atoms with Gasteiger partial charge in [0.15, 0.2) is 5.65 Å². The smallest absolute Gasteiger partial charge is 0.257 e. The first-order valence-corrected chi connectivity index (χ1v) is 10.1. The fourth-order valence-electron chi connectivity index (χ4n) is 3.54. The number of rotatable bonds is 7. The zero-order valence-electron chi connectivity index (χ0n) is 16.6. The predicted octanol–water partition coefficient (Wildman–Crippen LogP) is 3.94. The molecule has 0 aliphatic heterocycles. The van der Waals surface area contributed by atoms with Crippen LogP contribution < -0.4 is 11.1 Å². The van der Waals surface area contributed by atoms with E-state index < -0.39 is 0 Å². The number of carbonyl (C=O) groups excluding carboxylic acids is 1. The Morgan fingerprint density at radius 1 is 1.03 bits per heavy atom. The molecular weight excluding hydrogens is 362 g/mol. The molecule has 1 amide bonds. The van der Waals surface area contributed by atoms with Gasteiger partial charge in [-0.3, -0.25) is 4.79 Å². The van der Waals surface area contributed by atoms with Crippen molar-refractivity contribution in [2.45, 2.75) is 32.7 Å². The minimum Gasteiger partial charge on any atom is -0.384 e. The van der Waals surface area contributed by atoms with Crippen molar-refractivity contribution in [3.05, 3.63) is 65.7 Å². The predicted molar refractivity (Wildman–Crippen MR) is 117 cm³/mol. The topological polar surface area (TPSA) is 85.8 Å². The van der Waals surface area contributed by atoms with Gasteiger partial charge in [0.25, 0.3) is 5.91 Å². The van der Waals surface area contributed by atoms with Crippen LogP contribution in [0.3, 0.4) is 0 Å². The van der Waals surface area contributed by atoms with E-state index in [0.29, 0.717) is 35.6 Å². The zero-order valence-corrected chi connectivity index (χ0v) is 16.6. The van der Waals surface area contributed by atoms with Crippen LogP contribution in [0.5, 0.6) is 0 Å². The third-order valence-corrected chi connectivity index (χ3v) is 5.10. The molecule has 2 aromatic carbocycles. The van der Waals surface area contributed by atoms with Gasteiger partial charge in [-0.2, -0.15) is 0 Å². The van der Waals surface area contributed by atoms with Crippen molar-refractivity contribution in [1.29, 1.82) is 0 Å². The van der Waals surface area contributed by atoms with E-state index in [0.717, 1.165) is 30.3 Å².